The van der Waals surface area contributed by atoms with Crippen molar-refractivity contribution in [3.05, 3.63) is 60.4 Å². The van der Waals surface area contributed by atoms with Gasteiger partial charge in [0.1, 0.15) is 17.4 Å². The Kier molecular flexibility index (Phi) is 5.26. The number of rotatable bonds is 5. The van der Waals surface area contributed by atoms with Gasteiger partial charge in [0.2, 0.25) is 0 Å². The molecule has 0 atom stereocenters. The van der Waals surface area contributed by atoms with Crippen LogP contribution in [0.2, 0.25) is 0 Å². The number of carbonyl (C=O) groups is 1. The van der Waals surface area contributed by atoms with E-state index in [2.05, 4.69) is 33.2 Å². The standard InChI is InChI=1S/C24H25N5O2/c1-2-17-7-3-5-9-19(17)27-21(30)15-28-11-13-29(14-12-28)24-23-22(25-16-26-24)18-8-4-6-10-20(18)31-23/h3-10,16H,2,11-15H2,1H3,(H,27,30)/p+1. The fourth-order valence-corrected chi connectivity index (χ4v) is 4.32. The van der Waals surface area contributed by atoms with Gasteiger partial charge in [-0.3, -0.25) is 4.79 Å². The van der Waals surface area contributed by atoms with Gasteiger partial charge in [-0.2, -0.15) is 0 Å². The molecule has 0 bridgehead atoms. The Bertz CT molecular complexity index is 1230. The lowest BCUT2D eigenvalue weighted by molar-refractivity contribution is -0.892. The molecule has 1 saturated heterocycles. The summed E-state index contributed by atoms with van der Waals surface area (Å²) in [6, 6.07) is 15.9. The smallest absolute Gasteiger partial charge is 0.279 e. The van der Waals surface area contributed by atoms with Crippen LogP contribution in [-0.2, 0) is 11.2 Å². The van der Waals surface area contributed by atoms with Crippen molar-refractivity contribution in [2.45, 2.75) is 13.3 Å². The van der Waals surface area contributed by atoms with Crippen molar-refractivity contribution in [3.8, 4) is 0 Å². The van der Waals surface area contributed by atoms with E-state index >= 15 is 0 Å². The normalized spacial score (nSPS) is 14.9. The summed E-state index contributed by atoms with van der Waals surface area (Å²) >= 11 is 0. The maximum atomic E-state index is 12.6. The molecule has 2 aromatic heterocycles. The second kappa shape index (κ2) is 8.35. The largest absolute Gasteiger partial charge is 0.450 e. The number of aryl methyl sites for hydroxylation is 1. The Morgan fingerprint density at radius 2 is 1.87 bits per heavy atom. The molecule has 1 fully saturated rings. The zero-order valence-electron chi connectivity index (χ0n) is 17.6. The zero-order chi connectivity index (χ0) is 21.2. The van der Waals surface area contributed by atoms with Crippen molar-refractivity contribution in [1.29, 1.82) is 0 Å². The number of benzene rings is 2. The number of nitrogens with zero attached hydrogens (tertiary/aromatic N) is 3. The van der Waals surface area contributed by atoms with Gasteiger partial charge < -0.3 is 19.5 Å². The number of carbonyl (C=O) groups excluding carboxylic acids is 1. The van der Waals surface area contributed by atoms with Crippen LogP contribution >= 0.6 is 0 Å². The van der Waals surface area contributed by atoms with Crippen molar-refractivity contribution in [1.82, 2.24) is 9.97 Å². The van der Waals surface area contributed by atoms with Crippen LogP contribution in [0.5, 0.6) is 0 Å². The van der Waals surface area contributed by atoms with Crippen LogP contribution in [0.25, 0.3) is 22.1 Å². The van der Waals surface area contributed by atoms with E-state index < -0.39 is 0 Å². The Morgan fingerprint density at radius 1 is 1.10 bits per heavy atom. The molecule has 7 nitrogen and oxygen atoms in total. The van der Waals surface area contributed by atoms with Gasteiger partial charge in [0.15, 0.2) is 17.9 Å². The van der Waals surface area contributed by atoms with E-state index in [9.17, 15) is 4.79 Å². The topological polar surface area (TPSA) is 75.7 Å². The van der Waals surface area contributed by atoms with Crippen molar-refractivity contribution < 1.29 is 14.1 Å². The second-order valence-electron chi connectivity index (χ2n) is 7.95. The van der Waals surface area contributed by atoms with Crippen LogP contribution < -0.4 is 15.1 Å². The Labute approximate surface area is 180 Å². The highest BCUT2D eigenvalue weighted by Gasteiger charge is 2.26. The summed E-state index contributed by atoms with van der Waals surface area (Å²) in [6.45, 7) is 5.94. The van der Waals surface area contributed by atoms with Crippen LogP contribution in [0.1, 0.15) is 12.5 Å². The van der Waals surface area contributed by atoms with E-state index in [0.29, 0.717) is 6.54 Å². The van der Waals surface area contributed by atoms with E-state index in [1.807, 2.05) is 42.5 Å². The van der Waals surface area contributed by atoms with Crippen LogP contribution in [0.4, 0.5) is 11.5 Å². The molecule has 3 heterocycles. The van der Waals surface area contributed by atoms with Crippen molar-refractivity contribution in [2.24, 2.45) is 0 Å². The minimum atomic E-state index is 0.0612. The minimum Gasteiger partial charge on any atom is -0.450 e. The highest BCUT2D eigenvalue weighted by Crippen LogP contribution is 2.31. The van der Waals surface area contributed by atoms with Gasteiger partial charge in [-0.1, -0.05) is 37.3 Å². The third-order valence-corrected chi connectivity index (χ3v) is 5.99. The molecule has 2 N–H and O–H groups in total. The molecule has 0 spiro atoms. The van der Waals surface area contributed by atoms with Crippen LogP contribution in [0.15, 0.2) is 59.3 Å². The Hall–Kier alpha value is -3.45. The summed E-state index contributed by atoms with van der Waals surface area (Å²) in [5.74, 6) is 0.896. The summed E-state index contributed by atoms with van der Waals surface area (Å²) in [5, 5.41) is 4.09. The fourth-order valence-electron chi connectivity index (χ4n) is 4.32. The molecule has 5 rings (SSSR count). The van der Waals surface area contributed by atoms with E-state index in [4.69, 9.17) is 4.42 Å². The maximum Gasteiger partial charge on any atom is 0.279 e. The van der Waals surface area contributed by atoms with Crippen LogP contribution in [0.3, 0.4) is 0 Å². The highest BCUT2D eigenvalue weighted by atomic mass is 16.3. The first kappa shape index (κ1) is 19.5. The number of hydrogen-bond donors (Lipinski definition) is 2. The Morgan fingerprint density at radius 3 is 2.71 bits per heavy atom. The van der Waals surface area contributed by atoms with Gasteiger partial charge in [0.05, 0.1) is 26.2 Å². The first-order valence-corrected chi connectivity index (χ1v) is 10.8. The van der Waals surface area contributed by atoms with E-state index in [0.717, 1.165) is 71.7 Å². The van der Waals surface area contributed by atoms with Gasteiger partial charge in [0.25, 0.3) is 5.91 Å². The molecule has 2 aromatic carbocycles. The quantitative estimate of drug-likeness (QED) is 0.522. The molecule has 1 aliphatic rings. The monoisotopic (exact) mass is 416 g/mol. The van der Waals surface area contributed by atoms with E-state index in [1.165, 1.54) is 4.90 Å². The summed E-state index contributed by atoms with van der Waals surface area (Å²) < 4.78 is 6.08. The molecule has 7 heteroatoms. The molecule has 1 aliphatic heterocycles. The van der Waals surface area contributed by atoms with E-state index in [1.54, 1.807) is 6.33 Å². The lowest BCUT2D eigenvalue weighted by atomic mass is 10.1. The predicted molar refractivity (Wildman–Crippen MR) is 122 cm³/mol. The first-order chi connectivity index (χ1) is 15.2. The van der Waals surface area contributed by atoms with Gasteiger partial charge in [-0.25, -0.2) is 9.97 Å². The lowest BCUT2D eigenvalue weighted by Crippen LogP contribution is -3.15. The number of hydrogen-bond acceptors (Lipinski definition) is 5. The summed E-state index contributed by atoms with van der Waals surface area (Å²) in [4.78, 5) is 25.1. The number of fused-ring (bicyclic) bond motifs is 3. The molecule has 158 valence electrons. The number of piperazine rings is 1. The molecule has 0 radical (unpaired) electrons. The van der Waals surface area contributed by atoms with Gasteiger partial charge in [0, 0.05) is 11.1 Å². The molecule has 1 amide bonds. The molecular weight excluding hydrogens is 390 g/mol. The Balaban J connectivity index is 1.25. The molecule has 0 saturated carbocycles. The number of quaternary nitrogens is 1. The van der Waals surface area contributed by atoms with Crippen LogP contribution in [0, 0.1) is 0 Å². The number of furan rings is 1. The highest BCUT2D eigenvalue weighted by molar-refractivity contribution is 6.05. The number of para-hydroxylation sites is 2. The summed E-state index contributed by atoms with van der Waals surface area (Å²) in [6.07, 6.45) is 2.51. The number of nitrogens with one attached hydrogen (secondary N) is 2. The number of amides is 1. The van der Waals surface area contributed by atoms with Crippen molar-refractivity contribution in [3.63, 3.8) is 0 Å². The summed E-state index contributed by atoms with van der Waals surface area (Å²) in [5.41, 5.74) is 4.49. The lowest BCUT2D eigenvalue weighted by Gasteiger charge is -2.32. The average molecular weight is 417 g/mol. The van der Waals surface area contributed by atoms with Crippen molar-refractivity contribution in [2.75, 3.05) is 42.9 Å². The SMILES string of the molecule is CCc1ccccc1NC(=O)C[NH+]1CCN(c2ncnc3c2oc2ccccc23)CC1. The van der Waals surface area contributed by atoms with Gasteiger partial charge in [-0.05, 0) is 30.2 Å². The predicted octanol–water partition coefficient (Wildman–Crippen LogP) is 2.28. The number of aromatic nitrogens is 2. The third-order valence-electron chi connectivity index (χ3n) is 5.99. The molecule has 0 unspecified atom stereocenters. The first-order valence-electron chi connectivity index (χ1n) is 10.8. The third kappa shape index (κ3) is 3.84. The number of anilines is 2. The van der Waals surface area contributed by atoms with Gasteiger partial charge >= 0.3 is 0 Å². The molecule has 0 aliphatic carbocycles. The second-order valence-corrected chi connectivity index (χ2v) is 7.95. The zero-order valence-corrected chi connectivity index (χ0v) is 17.6. The van der Waals surface area contributed by atoms with Crippen LogP contribution in [-0.4, -0.2) is 48.6 Å². The fraction of sp³-hybridized carbons (Fsp3) is 0.292. The minimum absolute atomic E-state index is 0.0612. The summed E-state index contributed by atoms with van der Waals surface area (Å²) in [7, 11) is 0. The van der Waals surface area contributed by atoms with Gasteiger partial charge in [-0.15, -0.1) is 0 Å². The average Bonchev–Trinajstić information content (AvgIpc) is 3.19. The molecular formula is C24H26N5O2+. The molecule has 31 heavy (non-hydrogen) atoms. The molecule has 4 aromatic rings. The maximum absolute atomic E-state index is 12.6. The van der Waals surface area contributed by atoms with Crippen molar-refractivity contribution >= 4 is 39.5 Å². The van der Waals surface area contributed by atoms with E-state index in [-0.39, 0.29) is 5.91 Å².